The van der Waals surface area contributed by atoms with Crippen molar-refractivity contribution in [1.29, 1.82) is 0 Å². The zero-order valence-electron chi connectivity index (χ0n) is 18.5. The fourth-order valence-electron chi connectivity index (χ4n) is 5.62. The topological polar surface area (TPSA) is 117 Å². The van der Waals surface area contributed by atoms with Gasteiger partial charge in [0.25, 0.3) is 0 Å². The molecule has 4 aliphatic rings. The molecule has 2 aromatic rings. The Morgan fingerprint density at radius 1 is 1.12 bits per heavy atom. The van der Waals surface area contributed by atoms with E-state index < -0.39 is 0 Å². The quantitative estimate of drug-likeness (QED) is 0.498. The highest BCUT2D eigenvalue weighted by molar-refractivity contribution is 5.80. The van der Waals surface area contributed by atoms with Gasteiger partial charge < -0.3 is 31.3 Å². The lowest BCUT2D eigenvalue weighted by atomic mass is 9.88. The van der Waals surface area contributed by atoms with Gasteiger partial charge in [-0.2, -0.15) is 9.97 Å². The van der Waals surface area contributed by atoms with Crippen molar-refractivity contribution < 1.29 is 9.53 Å². The van der Waals surface area contributed by atoms with Gasteiger partial charge in [0.2, 0.25) is 11.9 Å². The van der Waals surface area contributed by atoms with Gasteiger partial charge in [0.15, 0.2) is 0 Å². The second kappa shape index (κ2) is 8.22. The molecule has 1 saturated carbocycles. The highest BCUT2D eigenvalue weighted by Gasteiger charge is 2.47. The summed E-state index contributed by atoms with van der Waals surface area (Å²) in [6.07, 6.45) is 6.16. The number of aromatic nitrogens is 2. The molecule has 33 heavy (non-hydrogen) atoms. The van der Waals surface area contributed by atoms with Crippen LogP contribution in [0.25, 0.3) is 0 Å². The zero-order valence-corrected chi connectivity index (χ0v) is 18.5. The molecule has 1 aromatic carbocycles. The molecule has 0 radical (unpaired) electrons. The standard InChI is InChI=1S/C24H29N7O2/c25-21(32)19-14-1-2-15(13-14)20(19)28-23-18-7-8-26-22(18)29-24(30-23)27-16-3-5-17(6-4-16)31-9-11-33-12-10-31/h1-6,14-15,19-20H,7-13H2,(H2,25,32)(H3,26,27,28,29,30). The minimum atomic E-state index is -0.244. The lowest BCUT2D eigenvalue weighted by molar-refractivity contribution is -0.122. The lowest BCUT2D eigenvalue weighted by Crippen LogP contribution is -2.41. The van der Waals surface area contributed by atoms with Crippen LogP contribution in [-0.4, -0.2) is 54.8 Å². The van der Waals surface area contributed by atoms with E-state index in [2.05, 4.69) is 45.1 Å². The summed E-state index contributed by atoms with van der Waals surface area (Å²) in [5, 5.41) is 10.3. The van der Waals surface area contributed by atoms with Gasteiger partial charge in [0.05, 0.1) is 19.1 Å². The normalized spacial score (nSPS) is 27.3. The van der Waals surface area contributed by atoms with E-state index in [9.17, 15) is 4.79 Å². The fourth-order valence-corrected chi connectivity index (χ4v) is 5.62. The van der Waals surface area contributed by atoms with Crippen molar-refractivity contribution in [3.63, 3.8) is 0 Å². The van der Waals surface area contributed by atoms with E-state index in [0.717, 1.165) is 68.6 Å². The van der Waals surface area contributed by atoms with Gasteiger partial charge in [0, 0.05) is 42.6 Å². The van der Waals surface area contributed by atoms with Crippen LogP contribution in [0.15, 0.2) is 36.4 Å². The summed E-state index contributed by atoms with van der Waals surface area (Å²) in [7, 11) is 0. The number of carbonyl (C=O) groups excluding carboxylic acids is 1. The Labute approximate surface area is 192 Å². The summed E-state index contributed by atoms with van der Waals surface area (Å²) in [6.45, 7) is 4.17. The second-order valence-corrected chi connectivity index (χ2v) is 9.22. The molecule has 9 nitrogen and oxygen atoms in total. The number of hydrogen-bond acceptors (Lipinski definition) is 8. The van der Waals surface area contributed by atoms with Gasteiger partial charge in [-0.3, -0.25) is 4.79 Å². The van der Waals surface area contributed by atoms with Gasteiger partial charge in [-0.05, 0) is 48.9 Å². The van der Waals surface area contributed by atoms with Gasteiger partial charge >= 0.3 is 0 Å². The minimum Gasteiger partial charge on any atom is -0.378 e. The molecule has 2 aliphatic heterocycles. The molecule has 172 valence electrons. The number of nitrogens with two attached hydrogens (primary N) is 1. The number of ether oxygens (including phenoxy) is 1. The van der Waals surface area contributed by atoms with Crippen LogP contribution >= 0.6 is 0 Å². The van der Waals surface area contributed by atoms with E-state index >= 15 is 0 Å². The number of carbonyl (C=O) groups is 1. The highest BCUT2D eigenvalue weighted by Crippen LogP contribution is 2.45. The zero-order chi connectivity index (χ0) is 22.4. The third-order valence-corrected chi connectivity index (χ3v) is 7.27. The van der Waals surface area contributed by atoms with Gasteiger partial charge in [-0.15, -0.1) is 0 Å². The highest BCUT2D eigenvalue weighted by atomic mass is 16.5. The van der Waals surface area contributed by atoms with Crippen molar-refractivity contribution in [2.24, 2.45) is 23.5 Å². The first-order valence-corrected chi connectivity index (χ1v) is 11.7. The van der Waals surface area contributed by atoms with Crippen LogP contribution in [0.5, 0.6) is 0 Å². The third kappa shape index (κ3) is 3.76. The largest absolute Gasteiger partial charge is 0.378 e. The van der Waals surface area contributed by atoms with Crippen molar-refractivity contribution in [3.05, 3.63) is 42.0 Å². The summed E-state index contributed by atoms with van der Waals surface area (Å²) in [5.74, 6) is 2.23. The van der Waals surface area contributed by atoms with E-state index in [-0.39, 0.29) is 23.8 Å². The molecule has 1 saturated heterocycles. The van der Waals surface area contributed by atoms with Crippen molar-refractivity contribution in [2.45, 2.75) is 18.9 Å². The van der Waals surface area contributed by atoms with Crippen LogP contribution in [0.4, 0.5) is 29.0 Å². The number of nitrogens with one attached hydrogen (secondary N) is 3. The van der Waals surface area contributed by atoms with Crippen LogP contribution < -0.4 is 26.6 Å². The Morgan fingerprint density at radius 3 is 2.70 bits per heavy atom. The number of benzene rings is 1. The number of primary amides is 1. The van der Waals surface area contributed by atoms with E-state index in [1.54, 1.807) is 0 Å². The average Bonchev–Trinajstić information content (AvgIpc) is 3.56. The Morgan fingerprint density at radius 2 is 1.91 bits per heavy atom. The molecular formula is C24H29N7O2. The molecule has 3 heterocycles. The van der Waals surface area contributed by atoms with Gasteiger partial charge in [0.1, 0.15) is 11.6 Å². The Balaban J connectivity index is 1.23. The maximum Gasteiger partial charge on any atom is 0.231 e. The number of allylic oxidation sites excluding steroid dienone is 1. The number of anilines is 5. The SMILES string of the molecule is NC(=O)C1C2C=CC(C2)C1Nc1nc(Nc2ccc(N3CCOCC3)cc2)nc2c1CCN2. The molecule has 2 aliphatic carbocycles. The fraction of sp³-hybridized carbons (Fsp3) is 0.458. The monoisotopic (exact) mass is 447 g/mol. The molecule has 1 amide bonds. The van der Waals surface area contributed by atoms with Gasteiger partial charge in [-0.25, -0.2) is 0 Å². The van der Waals surface area contributed by atoms with E-state index in [1.807, 2.05) is 12.1 Å². The second-order valence-electron chi connectivity index (χ2n) is 9.22. The first-order valence-electron chi connectivity index (χ1n) is 11.7. The number of fused-ring (bicyclic) bond motifs is 3. The molecule has 4 atom stereocenters. The summed E-state index contributed by atoms with van der Waals surface area (Å²) in [5.41, 5.74) is 8.94. The van der Waals surface area contributed by atoms with Gasteiger partial charge in [-0.1, -0.05) is 12.2 Å². The summed E-state index contributed by atoms with van der Waals surface area (Å²) >= 11 is 0. The summed E-state index contributed by atoms with van der Waals surface area (Å²) < 4.78 is 5.44. The van der Waals surface area contributed by atoms with Crippen LogP contribution in [0.2, 0.25) is 0 Å². The molecule has 1 aromatic heterocycles. The van der Waals surface area contributed by atoms with E-state index in [1.165, 1.54) is 5.69 Å². The number of morpholine rings is 1. The molecule has 2 bridgehead atoms. The van der Waals surface area contributed by atoms with Crippen LogP contribution in [-0.2, 0) is 16.0 Å². The van der Waals surface area contributed by atoms with Crippen molar-refractivity contribution >= 4 is 34.9 Å². The smallest absolute Gasteiger partial charge is 0.231 e. The maximum absolute atomic E-state index is 12.2. The van der Waals surface area contributed by atoms with E-state index in [0.29, 0.717) is 11.9 Å². The number of nitrogens with zero attached hydrogens (tertiary/aromatic N) is 3. The van der Waals surface area contributed by atoms with Crippen molar-refractivity contribution in [2.75, 3.05) is 53.7 Å². The number of amides is 1. The van der Waals surface area contributed by atoms with Crippen molar-refractivity contribution in [3.8, 4) is 0 Å². The van der Waals surface area contributed by atoms with Crippen molar-refractivity contribution in [1.82, 2.24) is 9.97 Å². The predicted octanol–water partition coefficient (Wildman–Crippen LogP) is 2.11. The molecule has 4 unspecified atom stereocenters. The molecule has 6 rings (SSSR count). The minimum absolute atomic E-state index is 0.0299. The first kappa shape index (κ1) is 20.3. The van der Waals surface area contributed by atoms with Crippen LogP contribution in [0, 0.1) is 17.8 Å². The summed E-state index contributed by atoms with van der Waals surface area (Å²) in [6, 6.07) is 8.28. The number of hydrogen-bond donors (Lipinski definition) is 4. The van der Waals surface area contributed by atoms with Crippen LogP contribution in [0.3, 0.4) is 0 Å². The maximum atomic E-state index is 12.2. The summed E-state index contributed by atoms with van der Waals surface area (Å²) in [4.78, 5) is 24.0. The number of rotatable bonds is 6. The molecular weight excluding hydrogens is 418 g/mol. The third-order valence-electron chi connectivity index (χ3n) is 7.27. The molecule has 2 fully saturated rings. The average molecular weight is 448 g/mol. The van der Waals surface area contributed by atoms with E-state index in [4.69, 9.17) is 20.4 Å². The molecule has 9 heteroatoms. The Kier molecular flexibility index (Phi) is 5.05. The predicted molar refractivity (Wildman–Crippen MR) is 128 cm³/mol. The first-order chi connectivity index (χ1) is 16.2. The molecule has 0 spiro atoms. The Bertz CT molecular complexity index is 1080. The lowest BCUT2D eigenvalue weighted by Gasteiger charge is -2.29. The Hall–Kier alpha value is -3.33. The van der Waals surface area contributed by atoms with Crippen LogP contribution in [0.1, 0.15) is 12.0 Å². The molecule has 5 N–H and O–H groups in total.